The number of anilines is 1. The van der Waals surface area contributed by atoms with Crippen LogP contribution in [0.3, 0.4) is 0 Å². The van der Waals surface area contributed by atoms with Gasteiger partial charge in [-0.25, -0.2) is 4.98 Å². The molecule has 0 spiro atoms. The molecule has 1 aromatic heterocycles. The van der Waals surface area contributed by atoms with Crippen LogP contribution in [0.4, 0.5) is 5.69 Å². The third-order valence-electron chi connectivity index (χ3n) is 5.21. The van der Waals surface area contributed by atoms with Gasteiger partial charge in [0, 0.05) is 17.8 Å². The van der Waals surface area contributed by atoms with Crippen molar-refractivity contribution in [3.63, 3.8) is 0 Å². The Kier molecular flexibility index (Phi) is 6.67. The predicted octanol–water partition coefficient (Wildman–Crippen LogP) is 5.75. The first kappa shape index (κ1) is 20.8. The molecule has 0 unspecified atom stereocenters. The van der Waals surface area contributed by atoms with E-state index in [0.717, 1.165) is 43.2 Å². The van der Waals surface area contributed by atoms with Gasteiger partial charge in [-0.2, -0.15) is 0 Å². The molecular weight excluding hydrogens is 418 g/mol. The Morgan fingerprint density at radius 2 is 1.87 bits per heavy atom. The lowest BCUT2D eigenvalue weighted by molar-refractivity contribution is -0.121. The molecule has 0 aliphatic carbocycles. The Bertz CT molecular complexity index is 1010. The summed E-state index contributed by atoms with van der Waals surface area (Å²) in [7, 11) is 0. The SMILES string of the molecule is Cc1nc(CN2CCC(C(=O)Nc3ccccc3Oc3ccccc3Cl)CC2)cs1. The fraction of sp³-hybridized carbons (Fsp3) is 0.304. The molecule has 1 aliphatic rings. The number of nitrogens with one attached hydrogen (secondary N) is 1. The molecule has 1 amide bonds. The van der Waals surface area contributed by atoms with E-state index in [4.69, 9.17) is 16.3 Å². The van der Waals surface area contributed by atoms with Crippen molar-refractivity contribution in [1.29, 1.82) is 0 Å². The van der Waals surface area contributed by atoms with Gasteiger partial charge < -0.3 is 10.1 Å². The molecule has 0 bridgehead atoms. The van der Waals surface area contributed by atoms with Crippen LogP contribution in [0.1, 0.15) is 23.5 Å². The zero-order valence-corrected chi connectivity index (χ0v) is 18.4. The fourth-order valence-electron chi connectivity index (χ4n) is 3.60. The van der Waals surface area contributed by atoms with Gasteiger partial charge in [-0.1, -0.05) is 35.9 Å². The normalized spacial score (nSPS) is 15.1. The highest BCUT2D eigenvalue weighted by atomic mass is 35.5. The zero-order chi connectivity index (χ0) is 20.9. The summed E-state index contributed by atoms with van der Waals surface area (Å²) in [6.45, 7) is 4.67. The van der Waals surface area contributed by atoms with Crippen LogP contribution >= 0.6 is 22.9 Å². The Morgan fingerprint density at radius 1 is 1.17 bits per heavy atom. The second-order valence-corrected chi connectivity index (χ2v) is 8.90. The number of carbonyl (C=O) groups excluding carboxylic acids is 1. The van der Waals surface area contributed by atoms with E-state index >= 15 is 0 Å². The van der Waals surface area contributed by atoms with Crippen molar-refractivity contribution in [1.82, 2.24) is 9.88 Å². The van der Waals surface area contributed by atoms with Crippen molar-refractivity contribution in [2.24, 2.45) is 5.92 Å². The topological polar surface area (TPSA) is 54.5 Å². The number of para-hydroxylation sites is 3. The van der Waals surface area contributed by atoms with Crippen molar-refractivity contribution < 1.29 is 9.53 Å². The summed E-state index contributed by atoms with van der Waals surface area (Å²) < 4.78 is 5.95. The van der Waals surface area contributed by atoms with Crippen molar-refractivity contribution in [3.8, 4) is 11.5 Å². The minimum absolute atomic E-state index is 0.00760. The molecule has 7 heteroatoms. The molecule has 0 atom stereocenters. The monoisotopic (exact) mass is 441 g/mol. The van der Waals surface area contributed by atoms with Gasteiger partial charge in [0.15, 0.2) is 5.75 Å². The summed E-state index contributed by atoms with van der Waals surface area (Å²) >= 11 is 7.89. The highest BCUT2D eigenvalue weighted by Crippen LogP contribution is 2.34. The first-order valence-corrected chi connectivity index (χ1v) is 11.3. The number of aromatic nitrogens is 1. The lowest BCUT2D eigenvalue weighted by Crippen LogP contribution is -2.37. The number of carbonyl (C=O) groups is 1. The van der Waals surface area contributed by atoms with Crippen LogP contribution in [0.15, 0.2) is 53.9 Å². The summed E-state index contributed by atoms with van der Waals surface area (Å²) in [6.07, 6.45) is 1.67. The number of hydrogen-bond acceptors (Lipinski definition) is 5. The average Bonchev–Trinajstić information content (AvgIpc) is 3.16. The van der Waals surface area contributed by atoms with E-state index in [-0.39, 0.29) is 11.8 Å². The Labute approximate surface area is 185 Å². The summed E-state index contributed by atoms with van der Waals surface area (Å²) in [6, 6.07) is 14.7. The van der Waals surface area contributed by atoms with Crippen LogP contribution in [0.5, 0.6) is 11.5 Å². The number of nitrogens with zero attached hydrogens (tertiary/aromatic N) is 2. The molecule has 0 radical (unpaired) electrons. The van der Waals surface area contributed by atoms with Gasteiger partial charge in [0.2, 0.25) is 5.91 Å². The molecule has 1 N–H and O–H groups in total. The molecule has 2 heterocycles. The van der Waals surface area contributed by atoms with Crippen LogP contribution in [-0.4, -0.2) is 28.9 Å². The number of likely N-dealkylation sites (tertiary alicyclic amines) is 1. The summed E-state index contributed by atoms with van der Waals surface area (Å²) in [5, 5.41) is 6.79. The van der Waals surface area contributed by atoms with Crippen LogP contribution in [-0.2, 0) is 11.3 Å². The third kappa shape index (κ3) is 5.19. The fourth-order valence-corrected chi connectivity index (χ4v) is 4.38. The van der Waals surface area contributed by atoms with Gasteiger partial charge in [-0.15, -0.1) is 11.3 Å². The van der Waals surface area contributed by atoms with Crippen molar-refractivity contribution in [3.05, 3.63) is 69.6 Å². The molecule has 156 valence electrons. The number of piperidine rings is 1. The van der Waals surface area contributed by atoms with Gasteiger partial charge >= 0.3 is 0 Å². The lowest BCUT2D eigenvalue weighted by atomic mass is 9.95. The minimum Gasteiger partial charge on any atom is -0.454 e. The molecule has 5 nitrogen and oxygen atoms in total. The average molecular weight is 442 g/mol. The summed E-state index contributed by atoms with van der Waals surface area (Å²) in [5.41, 5.74) is 1.77. The zero-order valence-electron chi connectivity index (χ0n) is 16.8. The van der Waals surface area contributed by atoms with Crippen LogP contribution < -0.4 is 10.1 Å². The maximum absolute atomic E-state index is 12.9. The number of halogens is 1. The van der Waals surface area contributed by atoms with Gasteiger partial charge in [-0.05, 0) is 57.1 Å². The number of aryl methyl sites for hydroxylation is 1. The minimum atomic E-state index is -0.00760. The quantitative estimate of drug-likeness (QED) is 0.529. The maximum atomic E-state index is 12.9. The molecule has 2 aromatic carbocycles. The molecular formula is C23H24ClN3O2S. The first-order chi connectivity index (χ1) is 14.6. The maximum Gasteiger partial charge on any atom is 0.227 e. The van der Waals surface area contributed by atoms with Gasteiger partial charge in [0.1, 0.15) is 5.75 Å². The molecule has 0 saturated carbocycles. The largest absolute Gasteiger partial charge is 0.454 e. The Hall–Kier alpha value is -2.41. The number of ether oxygens (including phenoxy) is 1. The van der Waals surface area contributed by atoms with E-state index in [0.29, 0.717) is 22.2 Å². The Balaban J connectivity index is 1.35. The molecule has 4 rings (SSSR count). The first-order valence-electron chi connectivity index (χ1n) is 10.0. The van der Waals surface area contributed by atoms with E-state index in [1.165, 1.54) is 0 Å². The molecule has 1 saturated heterocycles. The van der Waals surface area contributed by atoms with Gasteiger partial charge in [0.25, 0.3) is 0 Å². The number of benzene rings is 2. The van der Waals surface area contributed by atoms with E-state index in [9.17, 15) is 4.79 Å². The van der Waals surface area contributed by atoms with Crippen LogP contribution in [0.2, 0.25) is 5.02 Å². The standard InChI is InChI=1S/C23H24ClN3O2S/c1-16-25-18(15-30-16)14-27-12-10-17(11-13-27)23(28)26-20-7-3-5-9-22(20)29-21-8-4-2-6-19(21)24/h2-9,15,17H,10-14H2,1H3,(H,26,28). The highest BCUT2D eigenvalue weighted by Gasteiger charge is 2.26. The van der Waals surface area contributed by atoms with Crippen molar-refractivity contribution in [2.75, 3.05) is 18.4 Å². The lowest BCUT2D eigenvalue weighted by Gasteiger charge is -2.30. The van der Waals surface area contributed by atoms with E-state index in [2.05, 4.69) is 20.6 Å². The molecule has 30 heavy (non-hydrogen) atoms. The van der Waals surface area contributed by atoms with Gasteiger partial charge in [-0.3, -0.25) is 9.69 Å². The van der Waals surface area contributed by atoms with Crippen molar-refractivity contribution >= 4 is 34.5 Å². The molecule has 1 fully saturated rings. The second kappa shape index (κ2) is 9.60. The number of hydrogen-bond donors (Lipinski definition) is 1. The number of thiazole rings is 1. The van der Waals surface area contributed by atoms with E-state index < -0.39 is 0 Å². The van der Waals surface area contributed by atoms with E-state index in [1.54, 1.807) is 23.5 Å². The summed E-state index contributed by atoms with van der Waals surface area (Å²) in [5.74, 6) is 1.17. The van der Waals surface area contributed by atoms with Crippen LogP contribution in [0, 0.1) is 12.8 Å². The van der Waals surface area contributed by atoms with Gasteiger partial charge in [0.05, 0.1) is 21.4 Å². The number of amides is 1. The molecule has 3 aromatic rings. The second-order valence-electron chi connectivity index (χ2n) is 7.43. The molecule has 1 aliphatic heterocycles. The van der Waals surface area contributed by atoms with Crippen molar-refractivity contribution in [2.45, 2.75) is 26.3 Å². The van der Waals surface area contributed by atoms with Crippen LogP contribution in [0.25, 0.3) is 0 Å². The third-order valence-corrected chi connectivity index (χ3v) is 6.35. The number of rotatable bonds is 6. The smallest absolute Gasteiger partial charge is 0.227 e. The predicted molar refractivity (Wildman–Crippen MR) is 121 cm³/mol. The Morgan fingerprint density at radius 3 is 2.57 bits per heavy atom. The highest BCUT2D eigenvalue weighted by molar-refractivity contribution is 7.09. The van der Waals surface area contributed by atoms with E-state index in [1.807, 2.05) is 43.3 Å². The summed E-state index contributed by atoms with van der Waals surface area (Å²) in [4.78, 5) is 19.8.